The summed E-state index contributed by atoms with van der Waals surface area (Å²) in [5, 5.41) is 4.83. The van der Waals surface area contributed by atoms with E-state index in [1.54, 1.807) is 20.8 Å². The van der Waals surface area contributed by atoms with Crippen LogP contribution in [-0.2, 0) is 15.4 Å². The molecule has 0 amide bonds. The van der Waals surface area contributed by atoms with Gasteiger partial charge < -0.3 is 0 Å². The number of hydrogen-bond acceptors (Lipinski definition) is 2. The van der Waals surface area contributed by atoms with Crippen LogP contribution in [0.15, 0.2) is 0 Å². The van der Waals surface area contributed by atoms with Gasteiger partial charge in [-0.15, -0.1) is 0 Å². The van der Waals surface area contributed by atoms with Crippen molar-refractivity contribution in [1.82, 2.24) is 0 Å². The Morgan fingerprint density at radius 1 is 1.50 bits per heavy atom. The molecule has 50 valence electrons. The van der Waals surface area contributed by atoms with Crippen LogP contribution < -0.4 is 5.14 Å². The topological polar surface area (TPSA) is 52.3 Å². The Morgan fingerprint density at radius 3 is 1.88 bits per heavy atom. The Morgan fingerprint density at radius 2 is 1.88 bits per heavy atom. The SMILES string of the molecule is CC(C)(C)OS(N)=O. The quantitative estimate of drug-likeness (QED) is 0.566. The van der Waals surface area contributed by atoms with E-state index in [0.717, 1.165) is 0 Å². The van der Waals surface area contributed by atoms with Crippen LogP contribution in [0.1, 0.15) is 20.8 Å². The highest BCUT2D eigenvalue weighted by Crippen LogP contribution is 2.05. The largest absolute Gasteiger partial charge is 0.273 e. The molecule has 0 bridgehead atoms. The van der Waals surface area contributed by atoms with Crippen LogP contribution in [0.2, 0.25) is 0 Å². The Hall–Kier alpha value is 0.0700. The molecular weight excluding hydrogens is 126 g/mol. The van der Waals surface area contributed by atoms with Crippen molar-refractivity contribution >= 4 is 11.3 Å². The molecule has 3 nitrogen and oxygen atoms in total. The number of hydrogen-bond donors (Lipinski definition) is 1. The maximum atomic E-state index is 10.1. The van der Waals surface area contributed by atoms with E-state index in [0.29, 0.717) is 0 Å². The normalized spacial score (nSPS) is 16.0. The molecule has 0 spiro atoms. The monoisotopic (exact) mass is 137 g/mol. The smallest absolute Gasteiger partial charge is 0.232 e. The second-order valence-corrected chi connectivity index (χ2v) is 3.14. The summed E-state index contributed by atoms with van der Waals surface area (Å²) < 4.78 is 14.8. The van der Waals surface area contributed by atoms with Gasteiger partial charge in [0, 0.05) is 0 Å². The lowest BCUT2D eigenvalue weighted by Crippen LogP contribution is -2.23. The van der Waals surface area contributed by atoms with Crippen LogP contribution in [0.5, 0.6) is 0 Å². The first-order valence-electron chi connectivity index (χ1n) is 2.27. The summed E-state index contributed by atoms with van der Waals surface area (Å²) in [5.74, 6) is 0. The first-order valence-corrected chi connectivity index (χ1v) is 3.41. The third kappa shape index (κ3) is 6.07. The maximum Gasteiger partial charge on any atom is 0.232 e. The van der Waals surface area contributed by atoms with Crippen molar-refractivity contribution in [3.63, 3.8) is 0 Å². The highest BCUT2D eigenvalue weighted by Gasteiger charge is 2.11. The standard InChI is InChI=1S/C4H11NO2S/c1-4(2,3)7-8(5)6/h5H2,1-3H3. The van der Waals surface area contributed by atoms with Crippen molar-refractivity contribution in [2.24, 2.45) is 5.14 Å². The molecule has 0 aliphatic carbocycles. The van der Waals surface area contributed by atoms with Gasteiger partial charge in [0.2, 0.25) is 11.3 Å². The van der Waals surface area contributed by atoms with Crippen molar-refractivity contribution < 1.29 is 8.39 Å². The Balaban J connectivity index is 3.55. The fraction of sp³-hybridized carbons (Fsp3) is 1.00. The van der Waals surface area contributed by atoms with E-state index >= 15 is 0 Å². The Bertz CT molecular complexity index is 96.7. The molecule has 0 saturated carbocycles. The van der Waals surface area contributed by atoms with Crippen molar-refractivity contribution in [1.29, 1.82) is 0 Å². The van der Waals surface area contributed by atoms with Gasteiger partial charge in [0.1, 0.15) is 0 Å². The minimum atomic E-state index is -1.64. The number of nitrogens with two attached hydrogens (primary N) is 1. The summed E-state index contributed by atoms with van der Waals surface area (Å²) in [7, 11) is 0. The molecule has 0 aromatic heterocycles. The maximum absolute atomic E-state index is 10.1. The van der Waals surface area contributed by atoms with Crippen molar-refractivity contribution in [3.05, 3.63) is 0 Å². The molecule has 0 aliphatic heterocycles. The van der Waals surface area contributed by atoms with Gasteiger partial charge in [0.05, 0.1) is 5.60 Å². The summed E-state index contributed by atoms with van der Waals surface area (Å²) >= 11 is -1.64. The van der Waals surface area contributed by atoms with E-state index in [4.69, 9.17) is 5.14 Å². The Labute approximate surface area is 52.0 Å². The average Bonchev–Trinajstić information content (AvgIpc) is 1.21. The van der Waals surface area contributed by atoms with Crippen LogP contribution in [0.25, 0.3) is 0 Å². The van der Waals surface area contributed by atoms with Crippen LogP contribution in [0.4, 0.5) is 0 Å². The lowest BCUT2D eigenvalue weighted by molar-refractivity contribution is 0.152. The first kappa shape index (κ1) is 8.07. The number of rotatable bonds is 1. The molecular formula is C4H11NO2S. The summed E-state index contributed by atoms with van der Waals surface area (Å²) in [4.78, 5) is 0. The molecule has 0 aromatic carbocycles. The molecule has 1 atom stereocenters. The summed E-state index contributed by atoms with van der Waals surface area (Å²) in [6, 6.07) is 0. The second-order valence-electron chi connectivity index (χ2n) is 2.46. The zero-order valence-corrected chi connectivity index (χ0v) is 6.12. The molecule has 1 unspecified atom stereocenters. The van der Waals surface area contributed by atoms with Gasteiger partial charge in [-0.1, -0.05) is 0 Å². The van der Waals surface area contributed by atoms with Crippen LogP contribution in [0.3, 0.4) is 0 Å². The lowest BCUT2D eigenvalue weighted by Gasteiger charge is -2.14. The summed E-state index contributed by atoms with van der Waals surface area (Å²) in [6.45, 7) is 5.37. The third-order valence-corrected chi connectivity index (χ3v) is 0.996. The minimum absolute atomic E-state index is 0.403. The molecule has 0 aliphatic rings. The van der Waals surface area contributed by atoms with Gasteiger partial charge >= 0.3 is 0 Å². The predicted molar refractivity (Wildman–Crippen MR) is 33.2 cm³/mol. The molecule has 0 radical (unpaired) electrons. The Kier molecular flexibility index (Phi) is 2.59. The fourth-order valence-electron chi connectivity index (χ4n) is 0.246. The molecule has 0 fully saturated rings. The molecule has 4 heteroatoms. The molecule has 0 rings (SSSR count). The van der Waals surface area contributed by atoms with Gasteiger partial charge in [-0.05, 0) is 20.8 Å². The highest BCUT2D eigenvalue weighted by atomic mass is 32.2. The molecule has 0 heterocycles. The van der Waals surface area contributed by atoms with E-state index in [2.05, 4.69) is 4.18 Å². The van der Waals surface area contributed by atoms with Crippen LogP contribution in [0, 0.1) is 0 Å². The van der Waals surface area contributed by atoms with E-state index in [1.165, 1.54) is 0 Å². The summed E-state index contributed by atoms with van der Waals surface area (Å²) in [5.41, 5.74) is -0.403. The third-order valence-electron chi connectivity index (χ3n) is 0.332. The van der Waals surface area contributed by atoms with E-state index in [9.17, 15) is 4.21 Å². The van der Waals surface area contributed by atoms with Crippen LogP contribution in [-0.4, -0.2) is 9.81 Å². The molecule has 2 N–H and O–H groups in total. The van der Waals surface area contributed by atoms with Crippen molar-refractivity contribution in [3.8, 4) is 0 Å². The fourth-order valence-corrected chi connectivity index (χ4v) is 0.739. The average molecular weight is 137 g/mol. The van der Waals surface area contributed by atoms with E-state index in [-0.39, 0.29) is 0 Å². The molecule has 0 aromatic rings. The lowest BCUT2D eigenvalue weighted by atomic mass is 10.2. The highest BCUT2D eigenvalue weighted by molar-refractivity contribution is 7.77. The van der Waals surface area contributed by atoms with Gasteiger partial charge in [0.25, 0.3) is 0 Å². The first-order chi connectivity index (χ1) is 3.42. The summed E-state index contributed by atoms with van der Waals surface area (Å²) in [6.07, 6.45) is 0. The molecule has 0 saturated heterocycles. The zero-order chi connectivity index (χ0) is 6.78. The van der Waals surface area contributed by atoms with Crippen molar-refractivity contribution in [2.45, 2.75) is 26.4 Å². The van der Waals surface area contributed by atoms with Gasteiger partial charge in [-0.2, -0.15) is 0 Å². The molecule has 8 heavy (non-hydrogen) atoms. The minimum Gasteiger partial charge on any atom is -0.273 e. The second kappa shape index (κ2) is 2.57. The van der Waals surface area contributed by atoms with Crippen LogP contribution >= 0.6 is 0 Å². The van der Waals surface area contributed by atoms with Crippen molar-refractivity contribution in [2.75, 3.05) is 0 Å². The predicted octanol–water partition coefficient (Wildman–Crippen LogP) is 0.339. The van der Waals surface area contributed by atoms with E-state index in [1.807, 2.05) is 0 Å². The zero-order valence-electron chi connectivity index (χ0n) is 5.30. The van der Waals surface area contributed by atoms with Gasteiger partial charge in [-0.25, -0.2) is 9.35 Å². The van der Waals surface area contributed by atoms with Gasteiger partial charge in [-0.3, -0.25) is 4.18 Å². The van der Waals surface area contributed by atoms with E-state index < -0.39 is 16.9 Å². The van der Waals surface area contributed by atoms with Gasteiger partial charge in [0.15, 0.2) is 0 Å².